The number of benzene rings is 1. The summed E-state index contributed by atoms with van der Waals surface area (Å²) in [4.78, 5) is 11.2. The average molecular weight is 236 g/mol. The molecule has 1 amide bonds. The molecule has 0 aromatic heterocycles. The molecule has 1 aromatic rings. The Morgan fingerprint density at radius 1 is 1.53 bits per heavy atom. The van der Waals surface area contributed by atoms with Crippen molar-refractivity contribution in [2.45, 2.75) is 37.8 Å². The Labute approximate surface area is 100 Å². The van der Waals surface area contributed by atoms with Crippen molar-refractivity contribution in [3.63, 3.8) is 0 Å². The van der Waals surface area contributed by atoms with E-state index in [-0.39, 0.29) is 17.8 Å². The normalized spacial score (nSPS) is 18.7. The van der Waals surface area contributed by atoms with Gasteiger partial charge in [0.05, 0.1) is 5.54 Å². The van der Waals surface area contributed by atoms with Gasteiger partial charge in [-0.2, -0.15) is 0 Å². The maximum Gasteiger partial charge on any atom is 0.237 e. The first kappa shape index (κ1) is 12.0. The average Bonchev–Trinajstić information content (AvgIpc) is 3.02. The lowest BCUT2D eigenvalue weighted by Crippen LogP contribution is -2.48. The quantitative estimate of drug-likeness (QED) is 0.811. The molecule has 0 heterocycles. The van der Waals surface area contributed by atoms with E-state index in [9.17, 15) is 9.18 Å². The van der Waals surface area contributed by atoms with Gasteiger partial charge in [0.15, 0.2) is 0 Å². The van der Waals surface area contributed by atoms with Crippen LogP contribution < -0.4 is 11.1 Å². The monoisotopic (exact) mass is 236 g/mol. The van der Waals surface area contributed by atoms with E-state index in [1.54, 1.807) is 12.1 Å². The minimum absolute atomic E-state index is 0.0295. The molecular formula is C13H17FN2O. The summed E-state index contributed by atoms with van der Waals surface area (Å²) in [6.45, 7) is 1.94. The van der Waals surface area contributed by atoms with Crippen LogP contribution in [0.5, 0.6) is 0 Å². The molecule has 3 nitrogen and oxygen atoms in total. The van der Waals surface area contributed by atoms with Crippen LogP contribution in [0.4, 0.5) is 4.39 Å². The fourth-order valence-corrected chi connectivity index (χ4v) is 2.10. The van der Waals surface area contributed by atoms with Crippen molar-refractivity contribution in [2.24, 2.45) is 5.73 Å². The molecule has 1 atom stereocenters. The number of primary amides is 1. The summed E-state index contributed by atoms with van der Waals surface area (Å²) in [5.41, 5.74) is 5.45. The highest BCUT2D eigenvalue weighted by atomic mass is 19.1. The zero-order valence-corrected chi connectivity index (χ0v) is 9.87. The molecule has 0 bridgehead atoms. The number of carbonyl (C=O) groups excluding carboxylic acids is 1. The lowest BCUT2D eigenvalue weighted by molar-refractivity contribution is -0.121. The first-order valence-electron chi connectivity index (χ1n) is 5.84. The number of hydrogen-bond acceptors (Lipinski definition) is 2. The molecule has 1 fully saturated rings. The second-order valence-corrected chi connectivity index (χ2v) is 4.79. The Kier molecular flexibility index (Phi) is 3.15. The van der Waals surface area contributed by atoms with Crippen LogP contribution in [0.25, 0.3) is 0 Å². The van der Waals surface area contributed by atoms with Gasteiger partial charge in [-0.15, -0.1) is 0 Å². The second kappa shape index (κ2) is 4.45. The van der Waals surface area contributed by atoms with Crippen LogP contribution >= 0.6 is 0 Å². The number of halogens is 1. The third-order valence-corrected chi connectivity index (χ3v) is 3.23. The molecule has 17 heavy (non-hydrogen) atoms. The van der Waals surface area contributed by atoms with Crippen LogP contribution in [0.2, 0.25) is 0 Å². The molecule has 3 N–H and O–H groups in total. The zero-order chi connectivity index (χ0) is 12.5. The Bertz CT molecular complexity index is 429. The van der Waals surface area contributed by atoms with E-state index in [0.717, 1.165) is 12.8 Å². The van der Waals surface area contributed by atoms with Gasteiger partial charge in [-0.3, -0.25) is 4.79 Å². The van der Waals surface area contributed by atoms with E-state index in [0.29, 0.717) is 12.0 Å². The standard InChI is InChI=1S/C13H17FN2O/c1-9(16-13(6-7-13)12(15)17)8-10-4-2-3-5-11(10)14/h2-5,9,16H,6-8H2,1H3,(H2,15,17). The number of amides is 1. The van der Waals surface area contributed by atoms with Gasteiger partial charge in [0.1, 0.15) is 5.82 Å². The van der Waals surface area contributed by atoms with Gasteiger partial charge in [-0.05, 0) is 37.8 Å². The van der Waals surface area contributed by atoms with Crippen molar-refractivity contribution in [1.29, 1.82) is 0 Å². The van der Waals surface area contributed by atoms with Gasteiger partial charge in [-0.25, -0.2) is 4.39 Å². The number of carbonyl (C=O) groups is 1. The molecule has 0 radical (unpaired) electrons. The molecule has 1 aliphatic carbocycles. The predicted octanol–water partition coefficient (Wildman–Crippen LogP) is 1.36. The number of nitrogens with two attached hydrogens (primary N) is 1. The summed E-state index contributed by atoms with van der Waals surface area (Å²) in [6.07, 6.45) is 2.12. The van der Waals surface area contributed by atoms with Crippen LogP contribution in [0.3, 0.4) is 0 Å². The highest BCUT2D eigenvalue weighted by Crippen LogP contribution is 2.35. The molecule has 4 heteroatoms. The molecule has 0 aliphatic heterocycles. The fraction of sp³-hybridized carbons (Fsp3) is 0.462. The first-order valence-corrected chi connectivity index (χ1v) is 5.84. The fourth-order valence-electron chi connectivity index (χ4n) is 2.10. The SMILES string of the molecule is CC(Cc1ccccc1F)NC1(C(N)=O)CC1. The minimum Gasteiger partial charge on any atom is -0.368 e. The largest absolute Gasteiger partial charge is 0.368 e. The van der Waals surface area contributed by atoms with E-state index < -0.39 is 5.54 Å². The van der Waals surface area contributed by atoms with E-state index in [1.165, 1.54) is 6.07 Å². The van der Waals surface area contributed by atoms with Crippen LogP contribution in [-0.4, -0.2) is 17.5 Å². The molecule has 1 aromatic carbocycles. The highest BCUT2D eigenvalue weighted by molar-refractivity contribution is 5.87. The third kappa shape index (κ3) is 2.64. The van der Waals surface area contributed by atoms with Crippen LogP contribution in [-0.2, 0) is 11.2 Å². The first-order chi connectivity index (χ1) is 8.03. The van der Waals surface area contributed by atoms with Gasteiger partial charge < -0.3 is 11.1 Å². The maximum atomic E-state index is 13.4. The molecule has 1 saturated carbocycles. The van der Waals surface area contributed by atoms with Crippen LogP contribution in [0, 0.1) is 5.82 Å². The van der Waals surface area contributed by atoms with Gasteiger partial charge in [0.25, 0.3) is 0 Å². The summed E-state index contributed by atoms with van der Waals surface area (Å²) in [5.74, 6) is -0.511. The summed E-state index contributed by atoms with van der Waals surface area (Å²) in [6, 6.07) is 6.72. The van der Waals surface area contributed by atoms with E-state index >= 15 is 0 Å². The van der Waals surface area contributed by atoms with Crippen LogP contribution in [0.15, 0.2) is 24.3 Å². The Morgan fingerprint density at radius 3 is 2.71 bits per heavy atom. The molecule has 92 valence electrons. The van der Waals surface area contributed by atoms with Gasteiger partial charge in [-0.1, -0.05) is 18.2 Å². The van der Waals surface area contributed by atoms with Crippen molar-refractivity contribution < 1.29 is 9.18 Å². The number of nitrogens with one attached hydrogen (secondary N) is 1. The van der Waals surface area contributed by atoms with Gasteiger partial charge in [0, 0.05) is 6.04 Å². The summed E-state index contributed by atoms with van der Waals surface area (Å²) >= 11 is 0. The smallest absolute Gasteiger partial charge is 0.237 e. The van der Waals surface area contributed by atoms with Crippen molar-refractivity contribution in [2.75, 3.05) is 0 Å². The zero-order valence-electron chi connectivity index (χ0n) is 9.87. The molecular weight excluding hydrogens is 219 g/mol. The molecule has 2 rings (SSSR count). The predicted molar refractivity (Wildman–Crippen MR) is 63.9 cm³/mol. The van der Waals surface area contributed by atoms with E-state index in [4.69, 9.17) is 5.73 Å². The van der Waals surface area contributed by atoms with E-state index in [2.05, 4.69) is 5.32 Å². The van der Waals surface area contributed by atoms with Crippen molar-refractivity contribution in [1.82, 2.24) is 5.32 Å². The summed E-state index contributed by atoms with van der Waals surface area (Å²) in [5, 5.41) is 3.20. The van der Waals surface area contributed by atoms with Gasteiger partial charge in [0.2, 0.25) is 5.91 Å². The summed E-state index contributed by atoms with van der Waals surface area (Å²) < 4.78 is 13.4. The lowest BCUT2D eigenvalue weighted by Gasteiger charge is -2.20. The Balaban J connectivity index is 1.96. The van der Waals surface area contributed by atoms with Gasteiger partial charge >= 0.3 is 0 Å². The van der Waals surface area contributed by atoms with Crippen molar-refractivity contribution in [3.05, 3.63) is 35.6 Å². The number of rotatable bonds is 5. The molecule has 0 spiro atoms. The molecule has 0 saturated heterocycles. The summed E-state index contributed by atoms with van der Waals surface area (Å²) in [7, 11) is 0. The Hall–Kier alpha value is -1.42. The highest BCUT2D eigenvalue weighted by Gasteiger charge is 2.48. The van der Waals surface area contributed by atoms with Crippen molar-refractivity contribution >= 4 is 5.91 Å². The Morgan fingerprint density at radius 2 is 2.18 bits per heavy atom. The lowest BCUT2D eigenvalue weighted by atomic mass is 10.1. The second-order valence-electron chi connectivity index (χ2n) is 4.79. The minimum atomic E-state index is -0.537. The third-order valence-electron chi connectivity index (χ3n) is 3.23. The van der Waals surface area contributed by atoms with E-state index in [1.807, 2.05) is 13.0 Å². The van der Waals surface area contributed by atoms with Crippen molar-refractivity contribution in [3.8, 4) is 0 Å². The number of hydrogen-bond donors (Lipinski definition) is 2. The molecule has 1 aliphatic rings. The maximum absolute atomic E-state index is 13.4. The van der Waals surface area contributed by atoms with Crippen LogP contribution in [0.1, 0.15) is 25.3 Å². The topological polar surface area (TPSA) is 55.1 Å². The molecule has 1 unspecified atom stereocenters.